The number of amidine groups is 1. The molecule has 7 nitrogen and oxygen atoms in total. The number of hydrogen-bond donors (Lipinski definition) is 1. The van der Waals surface area contributed by atoms with Gasteiger partial charge in [0.05, 0.1) is 18.6 Å². The highest BCUT2D eigenvalue weighted by atomic mass is 79.9. The van der Waals surface area contributed by atoms with Crippen LogP contribution in [0.1, 0.15) is 12.0 Å². The van der Waals surface area contributed by atoms with Crippen molar-refractivity contribution in [2.45, 2.75) is 12.1 Å². The molecule has 0 spiro atoms. The second-order valence-corrected chi connectivity index (χ2v) is 7.61. The van der Waals surface area contributed by atoms with Crippen molar-refractivity contribution in [3.05, 3.63) is 64.2 Å². The van der Waals surface area contributed by atoms with E-state index in [9.17, 15) is 15.2 Å². The van der Waals surface area contributed by atoms with E-state index in [-0.39, 0.29) is 22.7 Å². The number of hydrogen-bond acceptors (Lipinski definition) is 6. The topological polar surface area (TPSA) is 78.9 Å². The maximum absolute atomic E-state index is 11.6. The Labute approximate surface area is 177 Å². The van der Waals surface area contributed by atoms with Gasteiger partial charge in [-0.25, -0.2) is 9.48 Å². The highest BCUT2D eigenvalue weighted by molar-refractivity contribution is 8.13. The third-order valence-corrected chi connectivity index (χ3v) is 6.14. The summed E-state index contributed by atoms with van der Waals surface area (Å²) in [5, 5.41) is 23.8. The van der Waals surface area contributed by atoms with Crippen LogP contribution in [0.15, 0.2) is 48.5 Å². The first-order valence-electron chi connectivity index (χ1n) is 8.69. The minimum atomic E-state index is -1.31. The predicted octanol–water partition coefficient (Wildman–Crippen LogP) is -0.222. The number of rotatable bonds is 4. The number of aliphatic hydroxyl groups is 1. The minimum absolute atomic E-state index is 0. The molecule has 1 atom stereocenters. The SMILES string of the molecule is COc1ccc(N2CC(O)(c3cccc([N+](=O)[O-])c3)[N+]3=C2SCCC3)cc1.[Br-]. The van der Waals surface area contributed by atoms with E-state index in [0.717, 1.165) is 28.8 Å². The van der Waals surface area contributed by atoms with Crippen LogP contribution in [-0.2, 0) is 5.72 Å². The summed E-state index contributed by atoms with van der Waals surface area (Å²) in [7, 11) is 1.62. The first-order chi connectivity index (χ1) is 13.0. The second-order valence-electron chi connectivity index (χ2n) is 6.54. The van der Waals surface area contributed by atoms with Crippen LogP contribution in [0.5, 0.6) is 5.75 Å². The molecule has 0 fully saturated rings. The maximum atomic E-state index is 11.6. The number of ether oxygens (including phenoxy) is 1. The monoisotopic (exact) mass is 465 g/mol. The third kappa shape index (κ3) is 3.49. The molecule has 9 heteroatoms. The van der Waals surface area contributed by atoms with Crippen molar-refractivity contribution in [3.8, 4) is 5.75 Å². The van der Waals surface area contributed by atoms with Gasteiger partial charge in [0.25, 0.3) is 11.4 Å². The minimum Gasteiger partial charge on any atom is -1.00 e. The fraction of sp³-hybridized carbons (Fsp3) is 0.316. The molecule has 0 amide bonds. The average Bonchev–Trinajstić information content (AvgIpc) is 3.02. The molecule has 0 bridgehead atoms. The Hall–Kier alpha value is -2.10. The summed E-state index contributed by atoms with van der Waals surface area (Å²) in [4.78, 5) is 12.8. The van der Waals surface area contributed by atoms with E-state index in [0.29, 0.717) is 18.7 Å². The molecule has 28 heavy (non-hydrogen) atoms. The lowest BCUT2D eigenvalue weighted by molar-refractivity contribution is -0.656. The summed E-state index contributed by atoms with van der Waals surface area (Å²) in [5.41, 5.74) is 0.156. The van der Waals surface area contributed by atoms with Gasteiger partial charge in [0.2, 0.25) is 0 Å². The second kappa shape index (κ2) is 8.10. The molecule has 0 radical (unpaired) electrons. The molecule has 2 aliphatic heterocycles. The number of nitrogens with zero attached hydrogens (tertiary/aromatic N) is 3. The van der Waals surface area contributed by atoms with Crippen molar-refractivity contribution in [1.29, 1.82) is 0 Å². The summed E-state index contributed by atoms with van der Waals surface area (Å²) in [6, 6.07) is 14.0. The Morgan fingerprint density at radius 2 is 2.04 bits per heavy atom. The summed E-state index contributed by atoms with van der Waals surface area (Å²) < 4.78 is 7.19. The van der Waals surface area contributed by atoms with Crippen molar-refractivity contribution in [1.82, 2.24) is 0 Å². The number of anilines is 1. The molecule has 4 rings (SSSR count). The van der Waals surface area contributed by atoms with E-state index in [2.05, 4.69) is 4.90 Å². The molecule has 2 aliphatic rings. The first kappa shape index (κ1) is 20.6. The molecule has 2 heterocycles. The van der Waals surface area contributed by atoms with Crippen molar-refractivity contribution in [2.24, 2.45) is 0 Å². The van der Waals surface area contributed by atoms with Crippen LogP contribution in [-0.4, -0.2) is 45.7 Å². The van der Waals surface area contributed by atoms with Gasteiger partial charge in [0, 0.05) is 23.4 Å². The highest BCUT2D eigenvalue weighted by Gasteiger charge is 2.53. The van der Waals surface area contributed by atoms with E-state index >= 15 is 0 Å². The van der Waals surface area contributed by atoms with E-state index < -0.39 is 10.6 Å². The lowest BCUT2D eigenvalue weighted by Gasteiger charge is -2.24. The molecule has 0 aliphatic carbocycles. The van der Waals surface area contributed by atoms with Crippen LogP contribution in [0, 0.1) is 10.1 Å². The van der Waals surface area contributed by atoms with Crippen molar-refractivity contribution in [3.63, 3.8) is 0 Å². The number of β-amino-alcohol motifs (C(OH)–C–C–N with tert-alkyl or cyclic N) is 1. The zero-order valence-electron chi connectivity index (χ0n) is 15.2. The molecular weight excluding hydrogens is 446 g/mol. The number of nitro groups is 1. The summed E-state index contributed by atoms with van der Waals surface area (Å²) in [6.45, 7) is 1.01. The number of benzene rings is 2. The van der Waals surface area contributed by atoms with Gasteiger partial charge in [-0.15, -0.1) is 0 Å². The molecule has 148 valence electrons. The number of nitro benzene ring substituents is 1. The fourth-order valence-electron chi connectivity index (χ4n) is 3.58. The fourth-order valence-corrected chi connectivity index (χ4v) is 4.76. The van der Waals surface area contributed by atoms with Gasteiger partial charge in [-0.1, -0.05) is 12.1 Å². The lowest BCUT2D eigenvalue weighted by Crippen LogP contribution is -3.00. The lowest BCUT2D eigenvalue weighted by atomic mass is 10.0. The Bertz CT molecular complexity index is 922. The Morgan fingerprint density at radius 1 is 1.29 bits per heavy atom. The van der Waals surface area contributed by atoms with E-state index in [1.165, 1.54) is 12.1 Å². The van der Waals surface area contributed by atoms with Crippen molar-refractivity contribution < 1.29 is 36.3 Å². The molecule has 1 unspecified atom stereocenters. The van der Waals surface area contributed by atoms with Crippen molar-refractivity contribution in [2.75, 3.05) is 30.9 Å². The van der Waals surface area contributed by atoms with Crippen LogP contribution in [0.2, 0.25) is 0 Å². The van der Waals surface area contributed by atoms with E-state index in [4.69, 9.17) is 4.74 Å². The average molecular weight is 466 g/mol. The Kier molecular flexibility index (Phi) is 5.97. The van der Waals surface area contributed by atoms with Crippen molar-refractivity contribution >= 4 is 28.3 Å². The predicted molar refractivity (Wildman–Crippen MR) is 105 cm³/mol. The first-order valence-corrected chi connectivity index (χ1v) is 9.68. The van der Waals surface area contributed by atoms with Gasteiger partial charge in [0.1, 0.15) is 11.4 Å². The standard InChI is InChI=1S/C19H20N3O4S.BrH/c1-26-17-8-6-15(7-9-17)20-13-19(23,21-10-3-11-27-18(20)21)14-4-2-5-16(12-14)22(24)25;/h2,4-9,12,23H,3,10-11,13H2,1H3;1H/q+1;/p-1. The highest BCUT2D eigenvalue weighted by Crippen LogP contribution is 2.38. The van der Waals surface area contributed by atoms with Gasteiger partial charge < -0.3 is 26.8 Å². The molecule has 2 aromatic carbocycles. The van der Waals surface area contributed by atoms with Gasteiger partial charge in [-0.2, -0.15) is 0 Å². The smallest absolute Gasteiger partial charge is 0.316 e. The van der Waals surface area contributed by atoms with Crippen LogP contribution in [0.25, 0.3) is 0 Å². The quantitative estimate of drug-likeness (QED) is 0.382. The van der Waals surface area contributed by atoms with Crippen LogP contribution in [0.3, 0.4) is 0 Å². The summed E-state index contributed by atoms with van der Waals surface area (Å²) >= 11 is 1.70. The summed E-state index contributed by atoms with van der Waals surface area (Å²) in [6.07, 6.45) is 0.946. The number of thioether (sulfide) groups is 1. The van der Waals surface area contributed by atoms with Gasteiger partial charge >= 0.3 is 5.17 Å². The summed E-state index contributed by atoms with van der Waals surface area (Å²) in [5.74, 6) is 1.74. The van der Waals surface area contributed by atoms with Crippen LogP contribution >= 0.6 is 11.8 Å². The Balaban J connectivity index is 0.00000225. The Morgan fingerprint density at radius 3 is 2.71 bits per heavy atom. The molecule has 0 saturated heterocycles. The zero-order valence-corrected chi connectivity index (χ0v) is 17.6. The zero-order chi connectivity index (χ0) is 19.0. The van der Waals surface area contributed by atoms with E-state index in [1.54, 1.807) is 31.0 Å². The van der Waals surface area contributed by atoms with E-state index in [1.807, 2.05) is 28.8 Å². The van der Waals surface area contributed by atoms with Gasteiger partial charge in [-0.05, 0) is 42.4 Å². The normalized spacial score (nSPS) is 21.1. The van der Waals surface area contributed by atoms with Crippen LogP contribution in [0.4, 0.5) is 11.4 Å². The largest absolute Gasteiger partial charge is 1.00 e. The molecular formula is C19H20BrN3O4S. The number of non-ortho nitro benzene ring substituents is 1. The number of methoxy groups -OCH3 is 1. The third-order valence-electron chi connectivity index (χ3n) is 4.95. The molecule has 1 N–H and O–H groups in total. The van der Waals surface area contributed by atoms with Gasteiger partial charge in [-0.3, -0.25) is 10.1 Å². The maximum Gasteiger partial charge on any atom is 0.316 e. The molecule has 2 aromatic rings. The molecule has 0 saturated carbocycles. The van der Waals surface area contributed by atoms with Crippen LogP contribution < -0.4 is 26.6 Å². The van der Waals surface area contributed by atoms with Gasteiger partial charge in [0.15, 0.2) is 6.54 Å². The number of halogens is 1. The molecule has 0 aromatic heterocycles.